The molecule has 628 valence electrons. The average molecular weight is 1910 g/mol. The molecule has 0 saturated heterocycles. The molecule has 38 heteroatoms. The molecule has 0 aliphatic carbocycles. The van der Waals surface area contributed by atoms with Crippen molar-refractivity contribution in [2.75, 3.05) is 0 Å². The molecule has 4 aromatic heterocycles. The number of hydrogen-bond donors (Lipinski definition) is 24. The number of thiophene rings is 1. The third-order valence-corrected chi connectivity index (χ3v) is 21.2. The summed E-state index contributed by atoms with van der Waals surface area (Å²) < 4.78 is 16.4. The number of halogens is 3. The highest BCUT2D eigenvalue weighted by Crippen LogP contribution is 2.44. The van der Waals surface area contributed by atoms with Crippen molar-refractivity contribution in [2.24, 2.45) is 0 Å². The van der Waals surface area contributed by atoms with Gasteiger partial charge in [0.25, 0.3) is 0 Å². The van der Waals surface area contributed by atoms with Gasteiger partial charge in [-0.3, -0.25) is 9.59 Å². The van der Waals surface area contributed by atoms with Crippen molar-refractivity contribution in [1.29, 1.82) is 0 Å². The number of phenolic OH excluding ortho intramolecular Hbond substituents is 24. The second-order valence-electron chi connectivity index (χ2n) is 25.8. The van der Waals surface area contributed by atoms with Crippen molar-refractivity contribution in [2.45, 2.75) is 12.8 Å². The maximum Gasteiger partial charge on any atom is 0.249 e. The van der Waals surface area contributed by atoms with E-state index in [1.165, 1.54) is 181 Å². The molecule has 4 heterocycles. The van der Waals surface area contributed by atoms with Gasteiger partial charge in [0.1, 0.15) is 10.5 Å². The van der Waals surface area contributed by atoms with Gasteiger partial charge >= 0.3 is 0 Å². The lowest BCUT2D eigenvalue weighted by atomic mass is 10.0. The van der Waals surface area contributed by atoms with Crippen LogP contribution in [0.4, 0.5) is 0 Å². The van der Waals surface area contributed by atoms with Gasteiger partial charge in [0, 0.05) is 81.5 Å². The van der Waals surface area contributed by atoms with E-state index < -0.39 is 0 Å². The Morgan fingerprint density at radius 3 is 1.22 bits per heavy atom. The number of aromatic nitrogens is 5. The van der Waals surface area contributed by atoms with Crippen LogP contribution in [0.15, 0.2) is 229 Å². The molecule has 0 saturated carbocycles. The van der Waals surface area contributed by atoms with Gasteiger partial charge < -0.3 is 131 Å². The molecule has 0 aliphatic heterocycles. The Morgan fingerprint density at radius 2 is 0.691 bits per heavy atom. The number of phenols is 24. The van der Waals surface area contributed by atoms with Gasteiger partial charge in [-0.15, -0.1) is 21.5 Å². The van der Waals surface area contributed by atoms with Gasteiger partial charge in [-0.25, -0.2) is 9.97 Å². The van der Waals surface area contributed by atoms with E-state index in [2.05, 4.69) is 72.3 Å². The van der Waals surface area contributed by atoms with Crippen LogP contribution in [0.5, 0.6) is 138 Å². The number of carbonyl (C=O) groups is 2. The molecular weight excluding hydrogens is 1840 g/mol. The van der Waals surface area contributed by atoms with Crippen LogP contribution in [-0.2, 0) is 12.8 Å². The summed E-state index contributed by atoms with van der Waals surface area (Å²) in [5.74, 6) is -6.10. The summed E-state index contributed by atoms with van der Waals surface area (Å²) in [6.07, 6.45) is -0.0463. The minimum Gasteiger partial charge on any atom is -0.504 e. The molecular formula is C85H62Br3N5O28S2. The number of benzene rings is 12. The number of aromatic hydroxyl groups is 24. The van der Waals surface area contributed by atoms with Gasteiger partial charge in [0.05, 0.1) is 5.56 Å². The van der Waals surface area contributed by atoms with Gasteiger partial charge in [-0.2, -0.15) is 4.37 Å². The molecule has 0 aliphatic rings. The highest BCUT2D eigenvalue weighted by atomic mass is 79.9. The Balaban J connectivity index is 0.000000144. The number of ketones is 2. The number of fused-ring (bicyclic) bond motifs is 1. The zero-order valence-electron chi connectivity index (χ0n) is 62.1. The fourth-order valence-electron chi connectivity index (χ4n) is 10.8. The normalized spacial score (nSPS) is 10.7. The minimum absolute atomic E-state index is 0.0172. The van der Waals surface area contributed by atoms with Crippen molar-refractivity contribution in [1.82, 2.24) is 24.5 Å². The Labute approximate surface area is 723 Å². The maximum absolute atomic E-state index is 12.1. The van der Waals surface area contributed by atoms with Crippen LogP contribution in [0.2, 0.25) is 0 Å². The largest absolute Gasteiger partial charge is 0.504 e. The third-order valence-electron chi connectivity index (χ3n) is 17.2. The molecule has 0 fully saturated rings. The van der Waals surface area contributed by atoms with Crippen molar-refractivity contribution in [3.63, 3.8) is 0 Å². The van der Waals surface area contributed by atoms with Crippen molar-refractivity contribution in [3.8, 4) is 215 Å². The Bertz CT molecular complexity index is 6370. The molecule has 33 nitrogen and oxygen atoms in total. The van der Waals surface area contributed by atoms with Crippen LogP contribution in [0, 0.1) is 0 Å². The highest BCUT2D eigenvalue weighted by Gasteiger charge is 2.22. The zero-order chi connectivity index (χ0) is 89.1. The van der Waals surface area contributed by atoms with Gasteiger partial charge in [0.15, 0.2) is 161 Å². The summed E-state index contributed by atoms with van der Waals surface area (Å²) in [5, 5.41) is 233. The van der Waals surface area contributed by atoms with E-state index in [0.717, 1.165) is 32.4 Å². The first-order valence-electron chi connectivity index (χ1n) is 34.8. The van der Waals surface area contributed by atoms with Crippen LogP contribution in [0.25, 0.3) is 88.3 Å². The number of rotatable bonds is 13. The molecule has 12 aromatic carbocycles. The molecule has 0 spiro atoms. The predicted octanol–water partition coefficient (Wildman–Crippen LogP) is 17.3. The van der Waals surface area contributed by atoms with Crippen LogP contribution < -0.4 is 0 Å². The monoisotopic (exact) mass is 1900 g/mol. The van der Waals surface area contributed by atoms with E-state index in [1.54, 1.807) is 24.3 Å². The summed E-state index contributed by atoms with van der Waals surface area (Å²) in [6.45, 7) is 0. The number of oxazole rings is 1. The smallest absolute Gasteiger partial charge is 0.249 e. The average Bonchev–Trinajstić information content (AvgIpc) is 1.73. The molecule has 0 bridgehead atoms. The van der Waals surface area contributed by atoms with Crippen LogP contribution >= 0.6 is 70.7 Å². The lowest BCUT2D eigenvalue weighted by Crippen LogP contribution is -2.04. The number of Topliss-reactive ketones (excluding diaryl/α,β-unsaturated/α-hetero) is 2. The first kappa shape index (κ1) is 88.3. The highest BCUT2D eigenvalue weighted by molar-refractivity contribution is 9.11. The molecule has 24 N–H and O–H groups in total. The fourth-order valence-corrected chi connectivity index (χ4v) is 14.0. The van der Waals surface area contributed by atoms with Gasteiger partial charge in [-0.05, 0) is 254 Å². The summed E-state index contributed by atoms with van der Waals surface area (Å²) in [5.41, 5.74) is 6.21. The molecule has 16 rings (SSSR count). The lowest BCUT2D eigenvalue weighted by molar-refractivity contribution is 0.0984. The maximum atomic E-state index is 12.1. The van der Waals surface area contributed by atoms with Gasteiger partial charge in [-0.1, -0.05) is 22.0 Å². The second kappa shape index (κ2) is 38.0. The SMILES string of the molecule is O=C(Cc1cc(O)c(O)cc1Br)c1ccc(O)c(O)c1.O=C(Cc1ccc(O)c(O)c1)c1cc(O)c(O)cc1Br.Oc1ccc(-c2ccc(-c3ccc(O)c(O)c3)s2)cc1O.Oc1ccc(-c2nc3cc(O)c(O)cc3o2)cc1O.Oc1ccc(-c2nnc(-c3cc(O)c(O)cc3Br)o2)cc1O.Oc1ccc(-c2nsc(-c3ccc(O)c(O)c3)n2)cc1O. The first-order valence-corrected chi connectivity index (χ1v) is 38.8. The van der Waals surface area contributed by atoms with E-state index in [9.17, 15) is 132 Å². The van der Waals surface area contributed by atoms with E-state index in [0.29, 0.717) is 74.3 Å². The first-order chi connectivity index (χ1) is 58.3. The standard InChI is InChI=1S/C16H12O4S.C14H9BrN2O5.2C14H11BrO5.C14H10N2O4S.C13H9NO5/c17-11-3-1-9(7-13(11)19)15-5-6-16(21-15)10-2-4-12(18)14(20)8-10;15-8-5-12(21)11(20)4-7(8)14-17-16-13(22-14)6-1-2-9(18)10(19)3-6;15-9-6-14(20)13(19)5-8(9)4-11(17)7-1-2-10(16)12(18)3-7;15-9-6-14(20)13(19)5-8(9)11(17)3-7-1-2-10(16)12(18)4-7;17-9-3-1-7(5-11(9)19)13-15-14(21-16-13)8-2-4-10(18)12(20)6-8;15-8-2-1-6(3-9(8)16)13-14-7-4-10(17)11(18)5-12(7)19-13/h1-8,17-20H;1-5,18-21H;1-3,5-6,16,18-20H,4H2;1-2,4-6,16,18-20H,3H2;1-6,17-20H;1-5,15-18H. The van der Waals surface area contributed by atoms with Crippen molar-refractivity contribution in [3.05, 3.63) is 242 Å². The molecule has 16 aromatic rings. The van der Waals surface area contributed by atoms with Gasteiger partial charge in [0.2, 0.25) is 17.7 Å². The Hall–Kier alpha value is -15.5. The van der Waals surface area contributed by atoms with Crippen molar-refractivity contribution >= 4 is 93.3 Å². The molecule has 0 radical (unpaired) electrons. The topological polar surface area (TPSA) is 610 Å². The fraction of sp³-hybridized carbons (Fsp3) is 0.0235. The third kappa shape index (κ3) is 21.7. The quantitative estimate of drug-likeness (QED) is 0.0376. The lowest BCUT2D eigenvalue weighted by Gasteiger charge is -2.07. The van der Waals surface area contributed by atoms with E-state index in [4.69, 9.17) is 8.83 Å². The molecule has 0 amide bonds. The molecule has 0 unspecified atom stereocenters. The van der Waals surface area contributed by atoms with E-state index >= 15 is 0 Å². The van der Waals surface area contributed by atoms with Crippen LogP contribution in [0.3, 0.4) is 0 Å². The van der Waals surface area contributed by atoms with Crippen LogP contribution in [-0.4, -0.2) is 159 Å². The molecule has 123 heavy (non-hydrogen) atoms. The summed E-state index contributed by atoms with van der Waals surface area (Å²) in [4.78, 5) is 34.5. The van der Waals surface area contributed by atoms with E-state index in [1.807, 2.05) is 12.1 Å². The Kier molecular flexibility index (Phi) is 27.3. The summed E-state index contributed by atoms with van der Waals surface area (Å²) in [7, 11) is 0. The van der Waals surface area contributed by atoms with E-state index in [-0.39, 0.29) is 191 Å². The van der Waals surface area contributed by atoms with Crippen LogP contribution in [0.1, 0.15) is 31.8 Å². The Morgan fingerprint density at radius 1 is 0.301 bits per heavy atom. The zero-order valence-corrected chi connectivity index (χ0v) is 68.5. The predicted molar refractivity (Wildman–Crippen MR) is 455 cm³/mol. The summed E-state index contributed by atoms with van der Waals surface area (Å²) in [6, 6.07) is 48.1. The number of carbonyl (C=O) groups excluding carboxylic acids is 2. The second-order valence-corrected chi connectivity index (χ2v) is 30.2. The number of hydrogen-bond acceptors (Lipinski definition) is 35. The molecule has 0 atom stereocenters. The minimum atomic E-state index is -0.384. The van der Waals surface area contributed by atoms with Crippen molar-refractivity contribution < 1.29 is 141 Å². The number of nitrogens with zero attached hydrogens (tertiary/aromatic N) is 5. The summed E-state index contributed by atoms with van der Waals surface area (Å²) >= 11 is 12.2.